The van der Waals surface area contributed by atoms with Gasteiger partial charge in [0.05, 0.1) is 17.7 Å². The summed E-state index contributed by atoms with van der Waals surface area (Å²) in [6.45, 7) is 6.13. The summed E-state index contributed by atoms with van der Waals surface area (Å²) in [7, 11) is 0. The van der Waals surface area contributed by atoms with E-state index in [0.29, 0.717) is 17.7 Å². The van der Waals surface area contributed by atoms with E-state index >= 15 is 0 Å². The normalized spacial score (nSPS) is 15.4. The molecule has 0 radical (unpaired) electrons. The van der Waals surface area contributed by atoms with Gasteiger partial charge in [-0.1, -0.05) is 57.0 Å². The standard InChI is InChI=1S/C21H27N5O3S/c1-21(2,3)16-12-18(29-25-16)22-17(27)13-30-20-24-23-19(15-10-7-11-28-15)26(20)14-8-5-4-6-9-14/h7,10-12,14H,4-6,8-9,13H2,1-3H3,(H,22,27). The van der Waals surface area contributed by atoms with Gasteiger partial charge < -0.3 is 8.94 Å². The lowest BCUT2D eigenvalue weighted by atomic mass is 9.92. The van der Waals surface area contributed by atoms with Gasteiger partial charge in [0.25, 0.3) is 0 Å². The van der Waals surface area contributed by atoms with Gasteiger partial charge >= 0.3 is 0 Å². The molecule has 1 N–H and O–H groups in total. The second-order valence-corrected chi connectivity index (χ2v) is 9.55. The highest BCUT2D eigenvalue weighted by atomic mass is 32.2. The zero-order chi connectivity index (χ0) is 21.1. The Morgan fingerprint density at radius 2 is 2.07 bits per heavy atom. The van der Waals surface area contributed by atoms with Crippen molar-refractivity contribution >= 4 is 23.6 Å². The summed E-state index contributed by atoms with van der Waals surface area (Å²) in [5, 5.41) is 16.3. The summed E-state index contributed by atoms with van der Waals surface area (Å²) in [6.07, 6.45) is 7.43. The van der Waals surface area contributed by atoms with Crippen molar-refractivity contribution in [3.05, 3.63) is 30.2 Å². The van der Waals surface area contributed by atoms with Crippen LogP contribution in [0.5, 0.6) is 0 Å². The molecule has 1 saturated carbocycles. The van der Waals surface area contributed by atoms with Crippen molar-refractivity contribution in [2.75, 3.05) is 11.1 Å². The summed E-state index contributed by atoms with van der Waals surface area (Å²) in [5.41, 5.74) is 0.658. The summed E-state index contributed by atoms with van der Waals surface area (Å²) < 4.78 is 13.0. The predicted molar refractivity (Wildman–Crippen MR) is 114 cm³/mol. The number of aromatic nitrogens is 4. The first-order valence-electron chi connectivity index (χ1n) is 10.3. The summed E-state index contributed by atoms with van der Waals surface area (Å²) >= 11 is 1.37. The van der Waals surface area contributed by atoms with Crippen LogP contribution in [-0.2, 0) is 10.2 Å². The molecule has 1 aliphatic carbocycles. The molecule has 1 aliphatic rings. The third-order valence-electron chi connectivity index (χ3n) is 5.22. The van der Waals surface area contributed by atoms with E-state index < -0.39 is 0 Å². The molecule has 0 unspecified atom stereocenters. The number of amides is 1. The molecule has 1 fully saturated rings. The molecule has 0 aromatic carbocycles. The average molecular weight is 430 g/mol. The van der Waals surface area contributed by atoms with Gasteiger partial charge in [-0.05, 0) is 25.0 Å². The van der Waals surface area contributed by atoms with Gasteiger partial charge in [-0.15, -0.1) is 10.2 Å². The highest BCUT2D eigenvalue weighted by Crippen LogP contribution is 2.35. The number of carbonyl (C=O) groups is 1. The summed E-state index contributed by atoms with van der Waals surface area (Å²) in [4.78, 5) is 12.5. The average Bonchev–Trinajstić information content (AvgIpc) is 3.46. The molecule has 0 bridgehead atoms. The lowest BCUT2D eigenvalue weighted by Crippen LogP contribution is -2.17. The van der Waals surface area contributed by atoms with Crippen molar-refractivity contribution in [3.63, 3.8) is 0 Å². The fraction of sp³-hybridized carbons (Fsp3) is 0.524. The first-order chi connectivity index (χ1) is 14.4. The lowest BCUT2D eigenvalue weighted by Gasteiger charge is -2.25. The van der Waals surface area contributed by atoms with E-state index in [0.717, 1.165) is 29.5 Å². The molecule has 4 rings (SSSR count). The molecule has 0 atom stereocenters. The van der Waals surface area contributed by atoms with E-state index in [1.54, 1.807) is 12.3 Å². The number of hydrogen-bond acceptors (Lipinski definition) is 7. The number of furan rings is 1. The first kappa shape index (κ1) is 20.7. The number of anilines is 1. The van der Waals surface area contributed by atoms with Crippen molar-refractivity contribution in [1.82, 2.24) is 19.9 Å². The number of hydrogen-bond donors (Lipinski definition) is 1. The van der Waals surface area contributed by atoms with Crippen LogP contribution in [-0.4, -0.2) is 31.6 Å². The Morgan fingerprint density at radius 3 is 2.73 bits per heavy atom. The summed E-state index contributed by atoms with van der Waals surface area (Å²) in [5.74, 6) is 1.81. The van der Waals surface area contributed by atoms with Crippen LogP contribution in [0.1, 0.15) is 64.6 Å². The molecular weight excluding hydrogens is 402 g/mol. The van der Waals surface area contributed by atoms with Gasteiger partial charge in [-0.3, -0.25) is 14.7 Å². The van der Waals surface area contributed by atoms with Gasteiger partial charge in [-0.25, -0.2) is 0 Å². The third kappa shape index (κ3) is 4.61. The van der Waals surface area contributed by atoms with E-state index in [1.807, 2.05) is 32.9 Å². The molecule has 160 valence electrons. The monoisotopic (exact) mass is 429 g/mol. The third-order valence-corrected chi connectivity index (χ3v) is 6.16. The van der Waals surface area contributed by atoms with Gasteiger partial charge in [0, 0.05) is 17.5 Å². The molecule has 0 spiro atoms. The largest absolute Gasteiger partial charge is 0.461 e. The SMILES string of the molecule is CC(C)(C)c1cc(NC(=O)CSc2nnc(-c3ccco3)n2C2CCCCC2)on1. The highest BCUT2D eigenvalue weighted by molar-refractivity contribution is 7.99. The van der Waals surface area contributed by atoms with Crippen LogP contribution >= 0.6 is 11.8 Å². The molecule has 3 aromatic rings. The van der Waals surface area contributed by atoms with E-state index in [2.05, 4.69) is 25.2 Å². The van der Waals surface area contributed by atoms with E-state index in [-0.39, 0.29) is 17.1 Å². The predicted octanol–water partition coefficient (Wildman–Crippen LogP) is 5.06. The molecule has 30 heavy (non-hydrogen) atoms. The Labute approximate surface area is 179 Å². The molecule has 8 nitrogen and oxygen atoms in total. The van der Waals surface area contributed by atoms with E-state index in [1.165, 1.54) is 31.0 Å². The smallest absolute Gasteiger partial charge is 0.237 e. The van der Waals surface area contributed by atoms with Crippen molar-refractivity contribution in [1.29, 1.82) is 0 Å². The number of rotatable bonds is 6. The van der Waals surface area contributed by atoms with E-state index in [4.69, 9.17) is 8.94 Å². The second-order valence-electron chi connectivity index (χ2n) is 8.61. The molecule has 0 saturated heterocycles. The number of nitrogens with zero attached hydrogens (tertiary/aromatic N) is 4. The van der Waals surface area contributed by atoms with Crippen LogP contribution in [0.25, 0.3) is 11.6 Å². The Hall–Kier alpha value is -2.55. The minimum Gasteiger partial charge on any atom is -0.461 e. The fourth-order valence-electron chi connectivity index (χ4n) is 3.61. The van der Waals surface area contributed by atoms with Crippen LogP contribution in [0.2, 0.25) is 0 Å². The van der Waals surface area contributed by atoms with Crippen molar-refractivity contribution < 1.29 is 13.7 Å². The maximum absolute atomic E-state index is 12.5. The maximum atomic E-state index is 12.5. The van der Waals surface area contributed by atoms with Crippen LogP contribution < -0.4 is 5.32 Å². The Balaban J connectivity index is 1.46. The van der Waals surface area contributed by atoms with Gasteiger partial charge in [0.2, 0.25) is 17.6 Å². The van der Waals surface area contributed by atoms with Gasteiger partial charge in [0.15, 0.2) is 10.9 Å². The second kappa shape index (κ2) is 8.67. The molecule has 1 amide bonds. The first-order valence-corrected chi connectivity index (χ1v) is 11.3. The summed E-state index contributed by atoms with van der Waals surface area (Å²) in [6, 6.07) is 5.82. The van der Waals surface area contributed by atoms with Crippen molar-refractivity contribution in [2.24, 2.45) is 0 Å². The molecule has 9 heteroatoms. The highest BCUT2D eigenvalue weighted by Gasteiger charge is 2.25. The Bertz CT molecular complexity index is 981. The van der Waals surface area contributed by atoms with Gasteiger partial charge in [-0.2, -0.15) is 0 Å². The molecule has 3 heterocycles. The van der Waals surface area contributed by atoms with Crippen LogP contribution in [0.3, 0.4) is 0 Å². The van der Waals surface area contributed by atoms with Crippen molar-refractivity contribution in [3.8, 4) is 11.6 Å². The van der Waals surface area contributed by atoms with Gasteiger partial charge in [0.1, 0.15) is 0 Å². The van der Waals surface area contributed by atoms with Crippen LogP contribution in [0.15, 0.2) is 38.6 Å². The molecular formula is C21H27N5O3S. The maximum Gasteiger partial charge on any atom is 0.237 e. The van der Waals surface area contributed by atoms with E-state index in [9.17, 15) is 4.79 Å². The minimum atomic E-state index is -0.172. The topological polar surface area (TPSA) is 99.0 Å². The lowest BCUT2D eigenvalue weighted by molar-refractivity contribution is -0.113. The zero-order valence-electron chi connectivity index (χ0n) is 17.6. The number of thioether (sulfide) groups is 1. The fourth-order valence-corrected chi connectivity index (χ4v) is 4.41. The molecule has 0 aliphatic heterocycles. The Kier molecular flexibility index (Phi) is 5.99. The van der Waals surface area contributed by atoms with Crippen LogP contribution in [0, 0.1) is 0 Å². The Morgan fingerprint density at radius 1 is 1.27 bits per heavy atom. The zero-order valence-corrected chi connectivity index (χ0v) is 18.4. The quantitative estimate of drug-likeness (QED) is 0.547. The number of carbonyl (C=O) groups excluding carboxylic acids is 1. The van der Waals surface area contributed by atoms with Crippen molar-refractivity contribution in [2.45, 2.75) is 69.5 Å². The van der Waals surface area contributed by atoms with Crippen LogP contribution in [0.4, 0.5) is 5.88 Å². The number of nitrogens with one attached hydrogen (secondary N) is 1. The minimum absolute atomic E-state index is 0.139. The molecule has 3 aromatic heterocycles.